The third kappa shape index (κ3) is 5.72. The fourth-order valence-electron chi connectivity index (χ4n) is 9.92. The second-order valence-electron chi connectivity index (χ2n) is 15.6. The summed E-state index contributed by atoms with van der Waals surface area (Å²) in [4.78, 5) is 16.9. The minimum Gasteiger partial charge on any atom is -0.508 e. The molecule has 2 bridgehead atoms. The summed E-state index contributed by atoms with van der Waals surface area (Å²) in [6.07, 6.45) is 12.8. The summed E-state index contributed by atoms with van der Waals surface area (Å²) < 4.78 is 61.1. The van der Waals surface area contributed by atoms with Gasteiger partial charge < -0.3 is 19.5 Å². The van der Waals surface area contributed by atoms with Crippen LogP contribution < -0.4 is 9.64 Å². The molecule has 4 aliphatic rings. The number of fused-ring (bicyclic) bond motifs is 7. The molecule has 54 heavy (non-hydrogen) atoms. The Bertz CT molecular complexity index is 2310. The van der Waals surface area contributed by atoms with Crippen molar-refractivity contribution in [1.29, 1.82) is 0 Å². The van der Waals surface area contributed by atoms with Crippen LogP contribution in [-0.2, 0) is 11.8 Å². The first kappa shape index (κ1) is 35.1. The molecule has 0 aliphatic carbocycles. The van der Waals surface area contributed by atoms with E-state index in [0.717, 1.165) is 71.3 Å². The molecule has 0 spiro atoms. The molecule has 4 fully saturated rings. The molecule has 0 amide bonds. The second-order valence-corrected chi connectivity index (χ2v) is 15.6. The van der Waals surface area contributed by atoms with E-state index in [4.69, 9.17) is 31.0 Å². The molecule has 13 heteroatoms. The van der Waals surface area contributed by atoms with Gasteiger partial charge in [-0.3, -0.25) is 14.5 Å². The Morgan fingerprint density at radius 3 is 2.65 bits per heavy atom. The maximum atomic E-state index is 17.8. The Kier molecular flexibility index (Phi) is 8.83. The molecule has 3 aromatic carbocycles. The van der Waals surface area contributed by atoms with Gasteiger partial charge in [0, 0.05) is 81.4 Å². The SMILES string of the molecule is C#Cc1c(F)ccc2cc(O)cc(-c3c(F)c4nc(OC[C@@]56CCCN5C[C@H](F)C6)nc(N5[C@@H]6CC[C@H]5CN(CCCCOC)C6)c4c4cn(C)nc34)c12. The van der Waals surface area contributed by atoms with Crippen LogP contribution in [0.4, 0.5) is 19.0 Å². The van der Waals surface area contributed by atoms with E-state index in [0.29, 0.717) is 40.5 Å². The highest BCUT2D eigenvalue weighted by Gasteiger charge is 2.50. The van der Waals surface area contributed by atoms with Crippen LogP contribution in [0.5, 0.6) is 11.8 Å². The van der Waals surface area contributed by atoms with Crippen LogP contribution in [0.15, 0.2) is 30.5 Å². The lowest BCUT2D eigenvalue weighted by Crippen LogP contribution is -2.54. The Balaban J connectivity index is 1.23. The largest absolute Gasteiger partial charge is 0.508 e. The topological polar surface area (TPSA) is 92.0 Å². The number of methoxy groups -OCH3 is 1. The van der Waals surface area contributed by atoms with Crippen molar-refractivity contribution in [3.63, 3.8) is 0 Å². The number of piperazine rings is 1. The number of aromatic hydroxyl groups is 1. The summed E-state index contributed by atoms with van der Waals surface area (Å²) in [6, 6.07) is 5.91. The van der Waals surface area contributed by atoms with Crippen molar-refractivity contribution in [1.82, 2.24) is 29.5 Å². The van der Waals surface area contributed by atoms with E-state index in [1.807, 2.05) is 6.20 Å². The van der Waals surface area contributed by atoms with Gasteiger partial charge in [-0.25, -0.2) is 13.2 Å². The molecule has 2 aromatic heterocycles. The highest BCUT2D eigenvalue weighted by atomic mass is 19.1. The lowest BCUT2D eigenvalue weighted by atomic mass is 9.91. The highest BCUT2D eigenvalue weighted by molar-refractivity contribution is 6.18. The number of unbranched alkanes of at least 4 members (excludes halogenated alkanes) is 1. The molecule has 9 rings (SSSR count). The molecule has 282 valence electrons. The van der Waals surface area contributed by atoms with E-state index in [-0.39, 0.29) is 58.0 Å². The van der Waals surface area contributed by atoms with Crippen LogP contribution >= 0.6 is 0 Å². The molecule has 0 saturated carbocycles. The molecule has 5 aromatic rings. The van der Waals surface area contributed by atoms with Crippen molar-refractivity contribution < 1.29 is 27.8 Å². The van der Waals surface area contributed by atoms with Gasteiger partial charge in [-0.1, -0.05) is 12.0 Å². The molecule has 0 radical (unpaired) electrons. The second kappa shape index (κ2) is 13.6. The van der Waals surface area contributed by atoms with Gasteiger partial charge in [0.2, 0.25) is 0 Å². The number of alkyl halides is 1. The van der Waals surface area contributed by atoms with Crippen LogP contribution in [0.25, 0.3) is 43.7 Å². The van der Waals surface area contributed by atoms with Crippen LogP contribution in [0, 0.1) is 24.0 Å². The average Bonchev–Trinajstić information content (AvgIpc) is 3.88. The molecule has 10 nitrogen and oxygen atoms in total. The standard InChI is InChI=1S/C41H44F3N7O3/c1-4-29-32(43)11-8-24-16-28(52)17-30(33(24)29)34-36(44)38-35(31-22-48(2)47-37(31)34)39(51-26-9-10-27(51)21-49(20-26)13-5-6-15-53-3)46-40(45-38)54-23-41-12-7-14-50(41)19-25(42)18-41/h1,8,11,16-17,22,25-27,52H,5-7,9-10,12-15,18-21,23H2,2-3H3/t25-,26-,27+,41+/m1/s1. The van der Waals surface area contributed by atoms with Crippen molar-refractivity contribution in [3.05, 3.63) is 47.7 Å². The van der Waals surface area contributed by atoms with E-state index in [2.05, 4.69) is 20.6 Å². The third-order valence-corrected chi connectivity index (χ3v) is 12.2. The number of phenols is 1. The van der Waals surface area contributed by atoms with Gasteiger partial charge in [-0.2, -0.15) is 15.1 Å². The van der Waals surface area contributed by atoms with Crippen LogP contribution in [-0.4, -0.2) is 111 Å². The number of likely N-dealkylation sites (tertiary alicyclic amines) is 1. The molecule has 4 saturated heterocycles. The number of anilines is 1. The molecular formula is C41H44F3N7O3. The lowest BCUT2D eigenvalue weighted by Gasteiger charge is -2.42. The number of aryl methyl sites for hydroxylation is 1. The zero-order valence-corrected chi connectivity index (χ0v) is 30.6. The van der Waals surface area contributed by atoms with E-state index in [9.17, 15) is 9.50 Å². The van der Waals surface area contributed by atoms with Gasteiger partial charge in [-0.15, -0.1) is 6.42 Å². The first-order chi connectivity index (χ1) is 26.2. The Hall–Kier alpha value is -4.64. The molecule has 6 heterocycles. The number of hydrogen-bond acceptors (Lipinski definition) is 9. The van der Waals surface area contributed by atoms with Crippen molar-refractivity contribution >= 4 is 38.4 Å². The predicted molar refractivity (Wildman–Crippen MR) is 202 cm³/mol. The Labute approximate surface area is 311 Å². The quantitative estimate of drug-likeness (QED) is 0.130. The summed E-state index contributed by atoms with van der Waals surface area (Å²) >= 11 is 0. The predicted octanol–water partition coefficient (Wildman–Crippen LogP) is 6.34. The van der Waals surface area contributed by atoms with Gasteiger partial charge >= 0.3 is 6.01 Å². The molecular weight excluding hydrogens is 695 g/mol. The Morgan fingerprint density at radius 2 is 1.87 bits per heavy atom. The fourth-order valence-corrected chi connectivity index (χ4v) is 9.92. The average molecular weight is 740 g/mol. The molecule has 4 aliphatic heterocycles. The van der Waals surface area contributed by atoms with Crippen LogP contribution in [0.3, 0.4) is 0 Å². The summed E-state index contributed by atoms with van der Waals surface area (Å²) in [5.74, 6) is 1.55. The van der Waals surface area contributed by atoms with Crippen molar-refractivity contribution in [2.75, 3.05) is 57.9 Å². The number of rotatable bonds is 10. The lowest BCUT2D eigenvalue weighted by molar-refractivity contribution is 0.107. The summed E-state index contributed by atoms with van der Waals surface area (Å²) in [6.45, 7) is 4.76. The van der Waals surface area contributed by atoms with E-state index in [1.54, 1.807) is 18.8 Å². The number of terminal acetylenes is 1. The third-order valence-electron chi connectivity index (χ3n) is 12.2. The monoisotopic (exact) mass is 739 g/mol. The van der Waals surface area contributed by atoms with E-state index in [1.165, 1.54) is 24.3 Å². The van der Waals surface area contributed by atoms with Gasteiger partial charge in [0.15, 0.2) is 5.82 Å². The van der Waals surface area contributed by atoms with Crippen LogP contribution in [0.2, 0.25) is 0 Å². The minimum atomic E-state index is -0.933. The van der Waals surface area contributed by atoms with E-state index < -0.39 is 23.3 Å². The normalized spacial score (nSPS) is 24.3. The smallest absolute Gasteiger partial charge is 0.319 e. The molecule has 0 unspecified atom stereocenters. The number of halogens is 3. The van der Waals surface area contributed by atoms with Crippen LogP contribution in [0.1, 0.15) is 50.5 Å². The number of hydrogen-bond donors (Lipinski definition) is 1. The van der Waals surface area contributed by atoms with Gasteiger partial charge in [0.05, 0.1) is 16.5 Å². The number of benzene rings is 3. The Morgan fingerprint density at radius 1 is 1.06 bits per heavy atom. The number of ether oxygens (including phenoxy) is 2. The highest BCUT2D eigenvalue weighted by Crippen LogP contribution is 2.47. The van der Waals surface area contributed by atoms with Gasteiger partial charge in [0.25, 0.3) is 0 Å². The summed E-state index contributed by atoms with van der Waals surface area (Å²) in [7, 11) is 3.49. The zero-order valence-electron chi connectivity index (χ0n) is 30.6. The van der Waals surface area contributed by atoms with Gasteiger partial charge in [-0.05, 0) is 80.8 Å². The summed E-state index contributed by atoms with van der Waals surface area (Å²) in [5, 5.41) is 17.5. The minimum absolute atomic E-state index is 0.0200. The fraction of sp³-hybridized carbons (Fsp3) is 0.488. The van der Waals surface area contributed by atoms with Crippen molar-refractivity contribution in [2.24, 2.45) is 7.05 Å². The number of phenolic OH excluding ortho intramolecular Hbond substituents is 1. The zero-order chi connectivity index (χ0) is 37.3. The first-order valence-electron chi connectivity index (χ1n) is 19.0. The van der Waals surface area contributed by atoms with E-state index >= 15 is 8.78 Å². The maximum absolute atomic E-state index is 17.8. The summed E-state index contributed by atoms with van der Waals surface area (Å²) in [5.41, 5.74) is 0.0713. The molecule has 1 N–H and O–H groups in total. The van der Waals surface area contributed by atoms with Crippen molar-refractivity contribution in [3.8, 4) is 35.2 Å². The van der Waals surface area contributed by atoms with Gasteiger partial charge in [0.1, 0.15) is 41.2 Å². The number of nitrogens with zero attached hydrogens (tertiary/aromatic N) is 7. The van der Waals surface area contributed by atoms with Crippen molar-refractivity contribution in [2.45, 2.75) is 68.7 Å². The molecule has 4 atom stereocenters. The maximum Gasteiger partial charge on any atom is 0.319 e. The first-order valence-corrected chi connectivity index (χ1v) is 19.0. The number of aromatic nitrogens is 4.